The maximum atomic E-state index is 12.6. The molecule has 0 aliphatic carbocycles. The molecule has 0 spiro atoms. The quantitative estimate of drug-likeness (QED) is 0.837. The van der Waals surface area contributed by atoms with E-state index in [9.17, 15) is 4.79 Å². The molecule has 1 amide bonds. The summed E-state index contributed by atoms with van der Waals surface area (Å²) in [4.78, 5) is 14.7. The van der Waals surface area contributed by atoms with Crippen molar-refractivity contribution < 1.29 is 4.79 Å². The number of rotatable bonds is 2. The standard InChI is InChI=1S/C13H14N4OS/c14-12(19)11-5-3-6-16(11)13(18)9-8-15-17-7-2-1-4-10(9)17/h1-2,4,7-8,11H,3,5-6H2,(H2,14,19). The fourth-order valence-electron chi connectivity index (χ4n) is 2.56. The molecular formula is C13H14N4OS. The minimum absolute atomic E-state index is 0.0449. The minimum Gasteiger partial charge on any atom is -0.392 e. The highest BCUT2D eigenvalue weighted by molar-refractivity contribution is 7.80. The summed E-state index contributed by atoms with van der Waals surface area (Å²) in [5, 5.41) is 4.19. The van der Waals surface area contributed by atoms with E-state index in [1.54, 1.807) is 15.6 Å². The van der Waals surface area contributed by atoms with Gasteiger partial charge in [0.05, 0.1) is 28.3 Å². The number of fused-ring (bicyclic) bond motifs is 1. The van der Waals surface area contributed by atoms with Crippen LogP contribution in [0.1, 0.15) is 23.2 Å². The van der Waals surface area contributed by atoms with Crippen LogP contribution in [-0.2, 0) is 0 Å². The molecule has 3 heterocycles. The van der Waals surface area contributed by atoms with Crippen LogP contribution in [0.3, 0.4) is 0 Å². The molecule has 6 heteroatoms. The Morgan fingerprint density at radius 1 is 1.47 bits per heavy atom. The molecule has 0 radical (unpaired) electrons. The van der Waals surface area contributed by atoms with E-state index in [0.29, 0.717) is 17.1 Å². The van der Waals surface area contributed by atoms with Gasteiger partial charge < -0.3 is 10.6 Å². The fourth-order valence-corrected chi connectivity index (χ4v) is 2.80. The summed E-state index contributed by atoms with van der Waals surface area (Å²) < 4.78 is 1.69. The molecule has 5 nitrogen and oxygen atoms in total. The maximum Gasteiger partial charge on any atom is 0.258 e. The third kappa shape index (κ3) is 1.98. The minimum atomic E-state index is -0.124. The monoisotopic (exact) mass is 274 g/mol. The molecule has 0 aromatic carbocycles. The number of likely N-dealkylation sites (tertiary alicyclic amines) is 1. The van der Waals surface area contributed by atoms with Gasteiger partial charge in [-0.1, -0.05) is 18.3 Å². The number of carbonyl (C=O) groups is 1. The Kier molecular flexibility index (Phi) is 2.94. The lowest BCUT2D eigenvalue weighted by Crippen LogP contribution is -2.42. The number of nitrogens with zero attached hydrogens (tertiary/aromatic N) is 3. The Morgan fingerprint density at radius 2 is 2.32 bits per heavy atom. The second-order valence-electron chi connectivity index (χ2n) is 4.65. The van der Waals surface area contributed by atoms with Gasteiger partial charge in [0.2, 0.25) is 0 Å². The summed E-state index contributed by atoms with van der Waals surface area (Å²) in [6, 6.07) is 5.53. The van der Waals surface area contributed by atoms with Crippen molar-refractivity contribution >= 4 is 28.6 Å². The number of carbonyl (C=O) groups excluding carboxylic acids is 1. The van der Waals surface area contributed by atoms with Crippen molar-refractivity contribution in [2.45, 2.75) is 18.9 Å². The predicted molar refractivity (Wildman–Crippen MR) is 76.0 cm³/mol. The molecule has 1 atom stereocenters. The van der Waals surface area contributed by atoms with Gasteiger partial charge in [0, 0.05) is 12.7 Å². The maximum absolute atomic E-state index is 12.6. The molecule has 0 bridgehead atoms. The summed E-state index contributed by atoms with van der Waals surface area (Å²) in [6.07, 6.45) is 5.21. The number of pyridine rings is 1. The van der Waals surface area contributed by atoms with Crippen molar-refractivity contribution in [3.63, 3.8) is 0 Å². The second-order valence-corrected chi connectivity index (χ2v) is 5.12. The molecule has 2 aromatic rings. The molecule has 2 aromatic heterocycles. The predicted octanol–water partition coefficient (Wildman–Crippen LogP) is 1.22. The lowest BCUT2D eigenvalue weighted by atomic mass is 10.2. The molecule has 0 saturated carbocycles. The van der Waals surface area contributed by atoms with E-state index in [0.717, 1.165) is 18.4 Å². The van der Waals surface area contributed by atoms with E-state index >= 15 is 0 Å². The van der Waals surface area contributed by atoms with Crippen LogP contribution in [0.15, 0.2) is 30.6 Å². The average Bonchev–Trinajstić information content (AvgIpc) is 3.05. The first-order valence-corrected chi connectivity index (χ1v) is 6.62. The van der Waals surface area contributed by atoms with Crippen LogP contribution in [-0.4, -0.2) is 38.0 Å². The third-order valence-electron chi connectivity index (χ3n) is 3.50. The summed E-state index contributed by atoms with van der Waals surface area (Å²) >= 11 is 5.04. The summed E-state index contributed by atoms with van der Waals surface area (Å²) in [7, 11) is 0. The van der Waals surface area contributed by atoms with E-state index in [2.05, 4.69) is 5.10 Å². The first-order valence-electron chi connectivity index (χ1n) is 6.21. The molecule has 1 unspecified atom stereocenters. The zero-order valence-electron chi connectivity index (χ0n) is 10.3. The van der Waals surface area contributed by atoms with Gasteiger partial charge in [0.1, 0.15) is 0 Å². The van der Waals surface area contributed by atoms with Crippen molar-refractivity contribution in [3.8, 4) is 0 Å². The van der Waals surface area contributed by atoms with E-state index in [-0.39, 0.29) is 11.9 Å². The number of nitrogens with two attached hydrogens (primary N) is 1. The van der Waals surface area contributed by atoms with Gasteiger partial charge in [0.25, 0.3) is 5.91 Å². The van der Waals surface area contributed by atoms with E-state index in [4.69, 9.17) is 18.0 Å². The lowest BCUT2D eigenvalue weighted by Gasteiger charge is -2.23. The number of hydrogen-bond acceptors (Lipinski definition) is 3. The Labute approximate surface area is 116 Å². The molecule has 19 heavy (non-hydrogen) atoms. The van der Waals surface area contributed by atoms with Crippen LogP contribution in [0.4, 0.5) is 0 Å². The summed E-state index contributed by atoms with van der Waals surface area (Å²) in [5.74, 6) is -0.0449. The van der Waals surface area contributed by atoms with Crippen LogP contribution >= 0.6 is 12.2 Å². The van der Waals surface area contributed by atoms with Gasteiger partial charge in [-0.2, -0.15) is 5.10 Å². The van der Waals surface area contributed by atoms with E-state index in [1.165, 1.54) is 0 Å². The van der Waals surface area contributed by atoms with Gasteiger partial charge >= 0.3 is 0 Å². The molecule has 1 fully saturated rings. The Hall–Kier alpha value is -1.95. The number of hydrogen-bond donors (Lipinski definition) is 1. The Bertz CT molecular complexity index is 651. The molecule has 2 N–H and O–H groups in total. The highest BCUT2D eigenvalue weighted by atomic mass is 32.1. The summed E-state index contributed by atoms with van der Waals surface area (Å²) in [6.45, 7) is 0.699. The SMILES string of the molecule is NC(=S)C1CCCN1C(=O)c1cnn2ccccc12. The normalized spacial score (nSPS) is 18.9. The molecular weight excluding hydrogens is 260 g/mol. The zero-order chi connectivity index (χ0) is 13.4. The van der Waals surface area contributed by atoms with Crippen LogP contribution in [0, 0.1) is 0 Å². The third-order valence-corrected chi connectivity index (χ3v) is 3.77. The highest BCUT2D eigenvalue weighted by Crippen LogP contribution is 2.22. The summed E-state index contributed by atoms with van der Waals surface area (Å²) in [5.41, 5.74) is 7.12. The number of aromatic nitrogens is 2. The molecule has 1 aliphatic heterocycles. The topological polar surface area (TPSA) is 63.6 Å². The van der Waals surface area contributed by atoms with Gasteiger partial charge in [-0.05, 0) is 25.0 Å². The first-order chi connectivity index (χ1) is 9.18. The van der Waals surface area contributed by atoms with Gasteiger partial charge in [0.15, 0.2) is 0 Å². The lowest BCUT2D eigenvalue weighted by molar-refractivity contribution is 0.0772. The second kappa shape index (κ2) is 4.62. The van der Waals surface area contributed by atoms with Crippen molar-refractivity contribution in [2.24, 2.45) is 5.73 Å². The van der Waals surface area contributed by atoms with Gasteiger partial charge in [-0.15, -0.1) is 0 Å². The van der Waals surface area contributed by atoms with Gasteiger partial charge in [-0.3, -0.25) is 4.79 Å². The number of amides is 1. The highest BCUT2D eigenvalue weighted by Gasteiger charge is 2.32. The molecule has 3 rings (SSSR count). The average molecular weight is 274 g/mol. The van der Waals surface area contributed by atoms with Crippen LogP contribution in [0.5, 0.6) is 0 Å². The van der Waals surface area contributed by atoms with E-state index in [1.807, 2.05) is 24.4 Å². The fraction of sp³-hybridized carbons (Fsp3) is 0.308. The van der Waals surface area contributed by atoms with Crippen molar-refractivity contribution in [1.29, 1.82) is 0 Å². The zero-order valence-corrected chi connectivity index (χ0v) is 11.1. The first kappa shape index (κ1) is 12.1. The molecule has 1 saturated heterocycles. The smallest absolute Gasteiger partial charge is 0.258 e. The Morgan fingerprint density at radius 3 is 3.11 bits per heavy atom. The van der Waals surface area contributed by atoms with Crippen LogP contribution in [0.2, 0.25) is 0 Å². The Balaban J connectivity index is 1.98. The van der Waals surface area contributed by atoms with Crippen LogP contribution < -0.4 is 5.73 Å². The largest absolute Gasteiger partial charge is 0.392 e. The van der Waals surface area contributed by atoms with E-state index < -0.39 is 0 Å². The van der Waals surface area contributed by atoms with Crippen LogP contribution in [0.25, 0.3) is 5.52 Å². The van der Waals surface area contributed by atoms with Crippen molar-refractivity contribution in [1.82, 2.24) is 14.5 Å². The molecule has 1 aliphatic rings. The van der Waals surface area contributed by atoms with Crippen molar-refractivity contribution in [2.75, 3.05) is 6.54 Å². The van der Waals surface area contributed by atoms with Gasteiger partial charge in [-0.25, -0.2) is 4.52 Å². The molecule has 98 valence electrons. The number of thiocarbonyl (C=S) groups is 1. The van der Waals surface area contributed by atoms with Crippen molar-refractivity contribution in [3.05, 3.63) is 36.2 Å².